The van der Waals surface area contributed by atoms with Crippen molar-refractivity contribution in [2.45, 2.75) is 111 Å². The Morgan fingerprint density at radius 1 is 1.00 bits per heavy atom. The van der Waals surface area contributed by atoms with Crippen LogP contribution in [0.2, 0.25) is 0 Å². The Hall–Kier alpha value is -1.57. The third-order valence-electron chi connectivity index (χ3n) is 6.40. The minimum absolute atomic E-state index is 0.160. The smallest absolute Gasteiger partial charge is 0.159 e. The van der Waals surface area contributed by atoms with Crippen LogP contribution in [0.1, 0.15) is 121 Å². The Balaban J connectivity index is 2.35. The Kier molecular flexibility index (Phi) is 8.79. The lowest BCUT2D eigenvalue weighted by atomic mass is 9.85. The zero-order valence-electron chi connectivity index (χ0n) is 19.0. The molecule has 2 rings (SSSR count). The van der Waals surface area contributed by atoms with Crippen LogP contribution in [0.3, 0.4) is 0 Å². The van der Waals surface area contributed by atoms with Crippen LogP contribution < -0.4 is 4.74 Å². The standard InChI is InChI=1S/C26H40O2/c1-7-10-11-12-13-14-25-24(20(6)27)17-22-15-21(18(4)8-2)16-23(19(5)9-3)26(22)28-25/h15-16,18-19H,7-14,17H2,1-6H3. The first-order valence-corrected chi connectivity index (χ1v) is 11.5. The van der Waals surface area contributed by atoms with Crippen LogP contribution in [-0.4, -0.2) is 5.78 Å². The van der Waals surface area contributed by atoms with E-state index >= 15 is 0 Å². The number of ketones is 1. The lowest BCUT2D eigenvalue weighted by molar-refractivity contribution is -0.113. The van der Waals surface area contributed by atoms with Gasteiger partial charge >= 0.3 is 0 Å². The molecule has 2 heteroatoms. The number of hydrogen-bond acceptors (Lipinski definition) is 2. The van der Waals surface area contributed by atoms with Crippen LogP contribution in [0.25, 0.3) is 0 Å². The zero-order valence-corrected chi connectivity index (χ0v) is 19.0. The Bertz CT molecular complexity index is 699. The number of carbonyl (C=O) groups is 1. The average molecular weight is 385 g/mol. The highest BCUT2D eigenvalue weighted by Gasteiger charge is 2.27. The van der Waals surface area contributed by atoms with Gasteiger partial charge in [0.05, 0.1) is 0 Å². The number of allylic oxidation sites excluding steroid dienone is 2. The van der Waals surface area contributed by atoms with Gasteiger partial charge in [-0.25, -0.2) is 0 Å². The van der Waals surface area contributed by atoms with E-state index in [1.165, 1.54) is 42.4 Å². The van der Waals surface area contributed by atoms with Gasteiger partial charge in [0.1, 0.15) is 11.5 Å². The minimum atomic E-state index is 0.160. The number of unbranched alkanes of at least 4 members (excludes halogenated alkanes) is 4. The van der Waals surface area contributed by atoms with E-state index in [1.54, 1.807) is 6.92 Å². The molecule has 0 fully saturated rings. The van der Waals surface area contributed by atoms with Crippen LogP contribution in [0.5, 0.6) is 5.75 Å². The molecule has 0 saturated carbocycles. The van der Waals surface area contributed by atoms with Crippen LogP contribution in [0.15, 0.2) is 23.5 Å². The van der Waals surface area contributed by atoms with E-state index < -0.39 is 0 Å². The fraction of sp³-hybridized carbons (Fsp3) is 0.654. The summed E-state index contributed by atoms with van der Waals surface area (Å²) < 4.78 is 6.49. The summed E-state index contributed by atoms with van der Waals surface area (Å²) >= 11 is 0. The summed E-state index contributed by atoms with van der Waals surface area (Å²) in [6.07, 6.45) is 9.95. The maximum atomic E-state index is 12.4. The van der Waals surface area contributed by atoms with Crippen molar-refractivity contribution in [1.29, 1.82) is 0 Å². The molecule has 0 saturated heterocycles. The molecule has 0 aromatic heterocycles. The van der Waals surface area contributed by atoms with E-state index in [1.807, 2.05) is 0 Å². The first-order valence-electron chi connectivity index (χ1n) is 11.5. The highest BCUT2D eigenvalue weighted by atomic mass is 16.5. The predicted molar refractivity (Wildman–Crippen MR) is 119 cm³/mol. The minimum Gasteiger partial charge on any atom is -0.461 e. The normalized spacial score (nSPS) is 15.8. The number of Topliss-reactive ketones (excluding diaryl/α,β-unsaturated/α-hetero) is 1. The van der Waals surface area contributed by atoms with Crippen molar-refractivity contribution in [1.82, 2.24) is 0 Å². The topological polar surface area (TPSA) is 26.3 Å². The van der Waals surface area contributed by atoms with Gasteiger partial charge in [0.2, 0.25) is 0 Å². The molecule has 2 unspecified atom stereocenters. The van der Waals surface area contributed by atoms with E-state index in [0.717, 1.165) is 49.2 Å². The summed E-state index contributed by atoms with van der Waals surface area (Å²) in [6.45, 7) is 13.0. The lowest BCUT2D eigenvalue weighted by Crippen LogP contribution is -2.18. The van der Waals surface area contributed by atoms with Crippen molar-refractivity contribution in [3.05, 3.63) is 40.2 Å². The number of rotatable bonds is 11. The van der Waals surface area contributed by atoms with E-state index in [9.17, 15) is 4.79 Å². The second-order valence-electron chi connectivity index (χ2n) is 8.62. The Morgan fingerprint density at radius 3 is 2.29 bits per heavy atom. The molecule has 0 bridgehead atoms. The van der Waals surface area contributed by atoms with E-state index in [0.29, 0.717) is 11.8 Å². The number of carbonyl (C=O) groups excluding carboxylic acids is 1. The second-order valence-corrected chi connectivity index (χ2v) is 8.62. The average Bonchev–Trinajstić information content (AvgIpc) is 2.70. The Labute approximate surface area is 172 Å². The third kappa shape index (κ3) is 5.49. The summed E-state index contributed by atoms with van der Waals surface area (Å²) in [5, 5.41) is 0. The molecule has 1 aliphatic rings. The van der Waals surface area contributed by atoms with E-state index in [-0.39, 0.29) is 5.78 Å². The molecule has 0 radical (unpaired) electrons. The molecule has 0 spiro atoms. The fourth-order valence-corrected chi connectivity index (χ4v) is 3.99. The molecular weight excluding hydrogens is 344 g/mol. The van der Waals surface area contributed by atoms with Crippen LogP contribution in [0.4, 0.5) is 0 Å². The monoisotopic (exact) mass is 384 g/mol. The van der Waals surface area contributed by atoms with Crippen LogP contribution in [-0.2, 0) is 11.2 Å². The van der Waals surface area contributed by atoms with Crippen molar-refractivity contribution >= 4 is 5.78 Å². The molecule has 2 atom stereocenters. The maximum absolute atomic E-state index is 12.4. The molecule has 0 aliphatic carbocycles. The first-order chi connectivity index (χ1) is 13.4. The van der Waals surface area contributed by atoms with Gasteiger partial charge in [0, 0.05) is 18.4 Å². The molecule has 1 heterocycles. The SMILES string of the molecule is CCCCCCCC1=C(C(C)=O)Cc2cc(C(C)CC)cc(C(C)CC)c2O1. The van der Waals surface area contributed by atoms with Gasteiger partial charge in [0.25, 0.3) is 0 Å². The van der Waals surface area contributed by atoms with Crippen LogP contribution >= 0.6 is 0 Å². The molecule has 0 amide bonds. The van der Waals surface area contributed by atoms with Crippen LogP contribution in [0, 0.1) is 0 Å². The van der Waals surface area contributed by atoms with E-state index in [4.69, 9.17) is 4.74 Å². The molecule has 1 aromatic rings. The summed E-state index contributed by atoms with van der Waals surface area (Å²) in [4.78, 5) is 12.4. The highest BCUT2D eigenvalue weighted by Crippen LogP contribution is 2.41. The highest BCUT2D eigenvalue weighted by molar-refractivity contribution is 5.94. The van der Waals surface area contributed by atoms with Gasteiger partial charge in [-0.15, -0.1) is 0 Å². The van der Waals surface area contributed by atoms with Crippen molar-refractivity contribution in [3.63, 3.8) is 0 Å². The van der Waals surface area contributed by atoms with Crippen molar-refractivity contribution in [3.8, 4) is 5.75 Å². The summed E-state index contributed by atoms with van der Waals surface area (Å²) in [6, 6.07) is 4.65. The zero-order chi connectivity index (χ0) is 20.7. The number of fused-ring (bicyclic) bond motifs is 1. The van der Waals surface area contributed by atoms with Gasteiger partial charge in [-0.2, -0.15) is 0 Å². The van der Waals surface area contributed by atoms with Gasteiger partial charge in [0.15, 0.2) is 5.78 Å². The number of hydrogen-bond donors (Lipinski definition) is 0. The Morgan fingerprint density at radius 2 is 1.68 bits per heavy atom. The van der Waals surface area contributed by atoms with Gasteiger partial charge < -0.3 is 4.74 Å². The molecule has 1 aromatic carbocycles. The quantitative estimate of drug-likeness (QED) is 0.363. The predicted octanol–water partition coefficient (Wildman–Crippen LogP) is 7.85. The molecule has 2 nitrogen and oxygen atoms in total. The van der Waals surface area contributed by atoms with Gasteiger partial charge in [-0.1, -0.05) is 72.4 Å². The molecular formula is C26H40O2. The first kappa shape index (κ1) is 22.7. The summed E-state index contributed by atoms with van der Waals surface area (Å²) in [5.74, 6) is 3.11. The largest absolute Gasteiger partial charge is 0.461 e. The second kappa shape index (κ2) is 10.8. The van der Waals surface area contributed by atoms with Gasteiger partial charge in [-0.3, -0.25) is 4.79 Å². The lowest BCUT2D eigenvalue weighted by Gasteiger charge is -2.28. The number of benzene rings is 1. The third-order valence-corrected chi connectivity index (χ3v) is 6.40. The van der Waals surface area contributed by atoms with Gasteiger partial charge in [-0.05, 0) is 54.7 Å². The number of ether oxygens (including phenoxy) is 1. The summed E-state index contributed by atoms with van der Waals surface area (Å²) in [7, 11) is 0. The summed E-state index contributed by atoms with van der Waals surface area (Å²) in [5.41, 5.74) is 4.79. The molecule has 0 N–H and O–H groups in total. The maximum Gasteiger partial charge on any atom is 0.159 e. The molecule has 1 aliphatic heterocycles. The fourth-order valence-electron chi connectivity index (χ4n) is 3.99. The van der Waals surface area contributed by atoms with E-state index in [2.05, 4.69) is 46.8 Å². The molecule has 28 heavy (non-hydrogen) atoms. The van der Waals surface area contributed by atoms with Crippen molar-refractivity contribution < 1.29 is 9.53 Å². The van der Waals surface area contributed by atoms with Crippen molar-refractivity contribution in [2.75, 3.05) is 0 Å². The van der Waals surface area contributed by atoms with Crippen molar-refractivity contribution in [2.24, 2.45) is 0 Å². The molecule has 156 valence electrons.